The Bertz CT molecular complexity index is 698. The highest BCUT2D eigenvalue weighted by Crippen LogP contribution is 2.32. The molecule has 116 valence electrons. The van der Waals surface area contributed by atoms with E-state index in [-0.39, 0.29) is 21.2 Å². The number of amides is 1. The van der Waals surface area contributed by atoms with E-state index in [0.717, 1.165) is 6.42 Å². The number of carbonyl (C=O) groups is 1. The van der Waals surface area contributed by atoms with Crippen LogP contribution in [0.25, 0.3) is 0 Å². The van der Waals surface area contributed by atoms with Crippen molar-refractivity contribution in [1.29, 1.82) is 0 Å². The second-order valence-electron chi connectivity index (χ2n) is 6.16. The van der Waals surface area contributed by atoms with Gasteiger partial charge in [0, 0.05) is 34.4 Å². The molecule has 0 bridgehead atoms. The Morgan fingerprint density at radius 2 is 1.95 bits per heavy atom. The summed E-state index contributed by atoms with van der Waals surface area (Å²) in [6.45, 7) is 7.18. The third-order valence-corrected chi connectivity index (χ3v) is 5.52. The number of likely N-dealkylation sites (tertiary alicyclic amines) is 1. The van der Waals surface area contributed by atoms with Crippen molar-refractivity contribution < 1.29 is 13.2 Å². The maximum absolute atomic E-state index is 12.6. The molecule has 4 nitrogen and oxygen atoms in total. The summed E-state index contributed by atoms with van der Waals surface area (Å²) in [6.07, 6.45) is 0.916. The molecule has 2 rings (SSSR count). The second-order valence-corrected chi connectivity index (χ2v) is 9.13. The average molecular weight is 350 g/mol. The summed E-state index contributed by atoms with van der Waals surface area (Å²) in [5, 5.41) is 0.221. The van der Waals surface area contributed by atoms with Crippen LogP contribution in [0.1, 0.15) is 36.2 Å². The largest absolute Gasteiger partial charge is 0.338 e. The smallest absolute Gasteiger partial charge is 0.261 e. The first-order valence-corrected chi connectivity index (χ1v) is 9.24. The number of carbonyl (C=O) groups excluding carboxylic acids is 1. The minimum Gasteiger partial charge on any atom is -0.338 e. The maximum atomic E-state index is 12.6. The molecule has 1 aliphatic heterocycles. The standard InChI is InChI=1S/C14H17Cl2NO3S/c1-9-11(6-10(7-12(9)15)21(16,19)20)13(18)17-5-4-14(2,3)8-17/h6-7H,4-5,8H2,1-3H3. The van der Waals surface area contributed by atoms with Crippen molar-refractivity contribution in [3.8, 4) is 0 Å². The van der Waals surface area contributed by atoms with E-state index in [1.807, 2.05) is 0 Å². The summed E-state index contributed by atoms with van der Waals surface area (Å²) in [4.78, 5) is 14.2. The summed E-state index contributed by atoms with van der Waals surface area (Å²) in [5.74, 6) is -0.206. The highest BCUT2D eigenvalue weighted by atomic mass is 35.7. The van der Waals surface area contributed by atoms with E-state index >= 15 is 0 Å². The zero-order valence-electron chi connectivity index (χ0n) is 12.1. The maximum Gasteiger partial charge on any atom is 0.261 e. The normalized spacial score (nSPS) is 18.0. The van der Waals surface area contributed by atoms with Gasteiger partial charge in [-0.15, -0.1) is 0 Å². The quantitative estimate of drug-likeness (QED) is 0.768. The Balaban J connectivity index is 2.44. The van der Waals surface area contributed by atoms with Crippen molar-refractivity contribution in [3.05, 3.63) is 28.3 Å². The Hall–Kier alpha value is -0.780. The lowest BCUT2D eigenvalue weighted by atomic mass is 9.93. The van der Waals surface area contributed by atoms with E-state index in [9.17, 15) is 13.2 Å². The summed E-state index contributed by atoms with van der Waals surface area (Å²) < 4.78 is 23.0. The molecule has 1 amide bonds. The van der Waals surface area contributed by atoms with Gasteiger partial charge in [-0.2, -0.15) is 0 Å². The summed E-state index contributed by atoms with van der Waals surface area (Å²) >= 11 is 6.04. The zero-order chi connectivity index (χ0) is 16.0. The van der Waals surface area contributed by atoms with Crippen LogP contribution in [0.5, 0.6) is 0 Å². The molecule has 0 atom stereocenters. The highest BCUT2D eigenvalue weighted by molar-refractivity contribution is 8.13. The first-order valence-electron chi connectivity index (χ1n) is 6.55. The van der Waals surface area contributed by atoms with Crippen molar-refractivity contribution >= 4 is 37.2 Å². The molecule has 1 heterocycles. The predicted octanol–water partition coefficient (Wildman–Crippen LogP) is 3.45. The van der Waals surface area contributed by atoms with Crippen molar-refractivity contribution in [3.63, 3.8) is 0 Å². The van der Waals surface area contributed by atoms with Crippen LogP contribution < -0.4 is 0 Å². The zero-order valence-corrected chi connectivity index (χ0v) is 14.4. The van der Waals surface area contributed by atoms with Crippen molar-refractivity contribution in [2.24, 2.45) is 5.41 Å². The monoisotopic (exact) mass is 349 g/mol. The van der Waals surface area contributed by atoms with Crippen molar-refractivity contribution in [2.45, 2.75) is 32.1 Å². The fourth-order valence-electron chi connectivity index (χ4n) is 2.47. The SMILES string of the molecule is Cc1c(Cl)cc(S(=O)(=O)Cl)cc1C(=O)N1CCC(C)(C)C1. The fraction of sp³-hybridized carbons (Fsp3) is 0.500. The van der Waals surface area contributed by atoms with Crippen LogP contribution in [0.3, 0.4) is 0 Å². The van der Waals surface area contributed by atoms with E-state index in [0.29, 0.717) is 24.2 Å². The molecule has 0 aliphatic carbocycles. The molecule has 1 aliphatic rings. The molecule has 0 radical (unpaired) electrons. The highest BCUT2D eigenvalue weighted by Gasteiger charge is 2.33. The van der Waals surface area contributed by atoms with Gasteiger partial charge in [0.25, 0.3) is 15.0 Å². The van der Waals surface area contributed by atoms with Gasteiger partial charge in [0.1, 0.15) is 0 Å². The topological polar surface area (TPSA) is 54.5 Å². The lowest BCUT2D eigenvalue weighted by molar-refractivity contribution is 0.0777. The van der Waals surface area contributed by atoms with Gasteiger partial charge < -0.3 is 4.90 Å². The lowest BCUT2D eigenvalue weighted by Crippen LogP contribution is -2.31. The van der Waals surface area contributed by atoms with Gasteiger partial charge in [-0.3, -0.25) is 4.79 Å². The lowest BCUT2D eigenvalue weighted by Gasteiger charge is -2.21. The van der Waals surface area contributed by atoms with E-state index in [2.05, 4.69) is 13.8 Å². The van der Waals surface area contributed by atoms with Crippen molar-refractivity contribution in [1.82, 2.24) is 4.90 Å². The first-order chi connectivity index (χ1) is 9.51. The summed E-state index contributed by atoms with van der Waals surface area (Å²) in [5.41, 5.74) is 0.929. The Morgan fingerprint density at radius 3 is 2.43 bits per heavy atom. The van der Waals surface area contributed by atoms with Gasteiger partial charge in [0.15, 0.2) is 0 Å². The molecule has 1 aromatic rings. The van der Waals surface area contributed by atoms with E-state index in [1.165, 1.54) is 12.1 Å². The molecule has 1 saturated heterocycles. The first kappa shape index (κ1) is 16.6. The van der Waals surface area contributed by atoms with Crippen LogP contribution in [0.15, 0.2) is 17.0 Å². The fourth-order valence-corrected chi connectivity index (χ4v) is 3.54. The van der Waals surface area contributed by atoms with Gasteiger partial charge in [-0.05, 0) is 36.5 Å². The van der Waals surface area contributed by atoms with Crippen LogP contribution in [0.2, 0.25) is 5.02 Å². The molecular formula is C14H17Cl2NO3S. The van der Waals surface area contributed by atoms with Crippen molar-refractivity contribution in [2.75, 3.05) is 13.1 Å². The van der Waals surface area contributed by atoms with Crippen LogP contribution in [0, 0.1) is 12.3 Å². The number of hydrogen-bond donors (Lipinski definition) is 0. The average Bonchev–Trinajstić information content (AvgIpc) is 2.71. The van der Waals surface area contributed by atoms with Crippen LogP contribution in [0.4, 0.5) is 0 Å². The van der Waals surface area contributed by atoms with E-state index < -0.39 is 9.05 Å². The van der Waals surface area contributed by atoms with E-state index in [1.54, 1.807) is 11.8 Å². The van der Waals surface area contributed by atoms with Gasteiger partial charge in [-0.25, -0.2) is 8.42 Å². The molecule has 1 fully saturated rings. The third kappa shape index (κ3) is 3.52. The molecule has 0 N–H and O–H groups in total. The minimum atomic E-state index is -3.93. The van der Waals surface area contributed by atoms with Crippen LogP contribution in [-0.4, -0.2) is 32.3 Å². The Morgan fingerprint density at radius 1 is 1.33 bits per heavy atom. The Labute approximate surface area is 134 Å². The Kier molecular flexibility index (Phi) is 4.30. The number of hydrogen-bond acceptors (Lipinski definition) is 3. The molecule has 7 heteroatoms. The minimum absolute atomic E-state index is 0.0729. The summed E-state index contributed by atoms with van der Waals surface area (Å²) in [6, 6.07) is 2.57. The number of benzene rings is 1. The van der Waals surface area contributed by atoms with Gasteiger partial charge >= 0.3 is 0 Å². The molecule has 1 aromatic carbocycles. The molecular weight excluding hydrogens is 333 g/mol. The second kappa shape index (κ2) is 5.45. The summed E-state index contributed by atoms with van der Waals surface area (Å²) in [7, 11) is 1.43. The molecule has 0 saturated carbocycles. The number of rotatable bonds is 2. The van der Waals surface area contributed by atoms with Gasteiger partial charge in [0.05, 0.1) is 4.90 Å². The number of halogens is 2. The van der Waals surface area contributed by atoms with Crippen LogP contribution >= 0.6 is 22.3 Å². The van der Waals surface area contributed by atoms with Gasteiger partial charge in [-0.1, -0.05) is 25.4 Å². The van der Waals surface area contributed by atoms with Gasteiger partial charge in [0.2, 0.25) is 0 Å². The molecule has 0 unspecified atom stereocenters. The molecule has 0 spiro atoms. The number of nitrogens with zero attached hydrogens (tertiary/aromatic N) is 1. The third-order valence-electron chi connectivity index (χ3n) is 3.79. The molecule has 0 aromatic heterocycles. The van der Waals surface area contributed by atoms with Crippen LogP contribution in [-0.2, 0) is 9.05 Å². The molecule has 21 heavy (non-hydrogen) atoms. The van der Waals surface area contributed by atoms with E-state index in [4.69, 9.17) is 22.3 Å². The predicted molar refractivity (Wildman–Crippen MR) is 83.5 cm³/mol.